The summed E-state index contributed by atoms with van der Waals surface area (Å²) in [5, 5.41) is 20.5. The van der Waals surface area contributed by atoms with E-state index in [1.165, 1.54) is 39.9 Å². The summed E-state index contributed by atoms with van der Waals surface area (Å²) in [6.07, 6.45) is 5.77. The Bertz CT molecular complexity index is 4500. The molecule has 5 aromatic carbocycles. The normalized spacial score (nSPS) is 20.1. The number of amides is 5. The quantitative estimate of drug-likeness (QED) is 0.0200. The third-order valence-corrected chi connectivity index (χ3v) is 27.2. The highest BCUT2D eigenvalue weighted by molar-refractivity contribution is 7.99. The van der Waals surface area contributed by atoms with Gasteiger partial charge in [0.05, 0.1) is 52.0 Å². The number of alkyl halides is 3. The molecule has 5 aliphatic rings. The standard InChI is InChI=1S/C82H105ClF3N11O11S4/c1-56(58-18-20-60(21-19-58)75-57(2)87-55-110-75)88-78(102)71-48-66(98)52-97(71)79(103)76(80(3,4)5)90-73(99)16-12-7-8-13-17-74(100)96-42-38-94(39-43-96)54-81(6)34-32-69(59-22-26-63(83)27-23-59)62(50-81)51-93-36-40-95(41-37-93)65-28-24-61(25-29-65)77(101)91-112(106,107)68-30-31-70(72(49-68)111(104,105)82(84,85)86)89-64(33-35-92-44-46-108-47-45-92)53-109-67-14-10-9-11-15-67/h9-11,14-15,18-31,49,55-56,64,66,71,76,89,98H,7-8,12-13,16-17,32-48,50-54H2,1-6H3,(H,88,102)(H,90,99)(H,91,101)/t56-,64+,66+,71-,76+,81+/m0/s1. The van der Waals surface area contributed by atoms with Gasteiger partial charge in [-0.1, -0.05) is 112 Å². The first kappa shape index (κ1) is 85.4. The van der Waals surface area contributed by atoms with Gasteiger partial charge in [-0.3, -0.25) is 38.7 Å². The smallest absolute Gasteiger partial charge is 0.391 e. The summed E-state index contributed by atoms with van der Waals surface area (Å²) in [5.41, 5.74) is 2.37. The van der Waals surface area contributed by atoms with E-state index in [1.807, 2.05) is 116 Å². The number of thioether (sulfide) groups is 1. The highest BCUT2D eigenvalue weighted by Gasteiger charge is 2.49. The van der Waals surface area contributed by atoms with Crippen LogP contribution in [0.4, 0.5) is 24.5 Å². The van der Waals surface area contributed by atoms with Crippen LogP contribution in [0.2, 0.25) is 5.02 Å². The first-order chi connectivity index (χ1) is 53.3. The van der Waals surface area contributed by atoms with E-state index < -0.39 is 82.3 Å². The third kappa shape index (κ3) is 22.6. The molecule has 0 radical (unpaired) electrons. The Morgan fingerprint density at radius 1 is 0.777 bits per heavy atom. The summed E-state index contributed by atoms with van der Waals surface area (Å²) >= 11 is 9.40. The number of benzene rings is 5. The average Bonchev–Trinajstić information content (AvgIpc) is 0.938. The minimum absolute atomic E-state index is 0.0209. The number of sulfone groups is 1. The number of aromatic nitrogens is 1. The second-order valence-electron chi connectivity index (χ2n) is 31.6. The summed E-state index contributed by atoms with van der Waals surface area (Å²) in [6.45, 7) is 21.9. The van der Waals surface area contributed by atoms with Crippen LogP contribution in [0.1, 0.15) is 138 Å². The number of aliphatic hydroxyl groups is 1. The highest BCUT2D eigenvalue weighted by atomic mass is 35.5. The van der Waals surface area contributed by atoms with Crippen molar-refractivity contribution in [1.29, 1.82) is 0 Å². The number of aryl methyl sites for hydroxylation is 1. The Kier molecular flexibility index (Phi) is 28.9. The SMILES string of the molecule is Cc1ncsc1-c1ccc([C@H](C)NC(=O)[C@@H]2C[C@@H](O)CN2C(=O)[C@@H](NC(=O)CCCCCCC(=O)N2CCN(C[C@]3(C)CCC(c4ccc(Cl)cc4)=C(CN4CCN(c5ccc(C(=O)NS(=O)(=O)c6ccc(N[C@H](CCN7CCOCC7)CSc7ccccc7)c(S(=O)(=O)C(F)(F)F)c6)cc5)CC4)C3)CC2)C(C)(C)C)cc1. The van der Waals surface area contributed by atoms with Crippen molar-refractivity contribution >= 4 is 101 Å². The molecule has 6 atom stereocenters. The van der Waals surface area contributed by atoms with Crippen LogP contribution in [0.3, 0.4) is 0 Å². The third-order valence-electron chi connectivity index (χ3n) is 22.0. The molecule has 0 spiro atoms. The monoisotopic (exact) mass is 1640 g/mol. The first-order valence-corrected chi connectivity index (χ1v) is 43.9. The van der Waals surface area contributed by atoms with E-state index in [0.29, 0.717) is 102 Å². The van der Waals surface area contributed by atoms with Gasteiger partial charge in [0.15, 0.2) is 0 Å². The van der Waals surface area contributed by atoms with E-state index in [1.54, 1.807) is 23.5 Å². The van der Waals surface area contributed by atoms with Crippen LogP contribution in [0.15, 0.2) is 147 Å². The average molecular weight is 1640 g/mol. The molecule has 0 bridgehead atoms. The van der Waals surface area contributed by atoms with Crippen LogP contribution in [0.5, 0.6) is 0 Å². The van der Waals surface area contributed by atoms with Crippen molar-refractivity contribution in [3.63, 3.8) is 0 Å². The maximum Gasteiger partial charge on any atom is 0.501 e. The number of aliphatic hydroxyl groups excluding tert-OH is 1. The molecule has 606 valence electrons. The first-order valence-electron chi connectivity index (χ1n) is 38.7. The van der Waals surface area contributed by atoms with Crippen LogP contribution < -0.4 is 25.6 Å². The molecule has 4 fully saturated rings. The van der Waals surface area contributed by atoms with E-state index in [-0.39, 0.29) is 54.1 Å². The molecule has 22 nitrogen and oxygen atoms in total. The lowest BCUT2D eigenvalue weighted by atomic mass is 9.71. The topological polar surface area (TPSA) is 264 Å². The van der Waals surface area contributed by atoms with Gasteiger partial charge in [-0.25, -0.2) is 26.5 Å². The predicted octanol–water partition coefficient (Wildman–Crippen LogP) is 12.1. The molecule has 4 saturated heterocycles. The molecule has 5 N–H and O–H groups in total. The predicted molar refractivity (Wildman–Crippen MR) is 433 cm³/mol. The molecule has 5 amide bonds. The zero-order valence-corrected chi connectivity index (χ0v) is 68.6. The lowest BCUT2D eigenvalue weighted by molar-refractivity contribution is -0.144. The second kappa shape index (κ2) is 37.9. The van der Waals surface area contributed by atoms with Gasteiger partial charge in [-0.2, -0.15) is 13.2 Å². The summed E-state index contributed by atoms with van der Waals surface area (Å²) in [4.78, 5) is 85.8. The Hall–Kier alpha value is -7.45. The number of nitrogens with one attached hydrogen (secondary N) is 4. The number of sulfonamides is 1. The number of unbranched alkanes of at least 4 members (excludes halogenated alkanes) is 3. The Morgan fingerprint density at radius 2 is 1.44 bits per heavy atom. The molecular weight excluding hydrogens is 1540 g/mol. The van der Waals surface area contributed by atoms with Gasteiger partial charge >= 0.3 is 5.51 Å². The molecule has 30 heteroatoms. The fraction of sp³-hybridized carbons (Fsp3) is 0.512. The number of carbonyl (C=O) groups excluding carboxylic acids is 5. The van der Waals surface area contributed by atoms with Gasteiger partial charge < -0.3 is 40.5 Å². The highest BCUT2D eigenvalue weighted by Crippen LogP contribution is 2.45. The lowest BCUT2D eigenvalue weighted by Gasteiger charge is -2.44. The number of allylic oxidation sites excluding steroid dienone is 1. The van der Waals surface area contributed by atoms with E-state index >= 15 is 0 Å². The van der Waals surface area contributed by atoms with Crippen molar-refractivity contribution in [3.05, 3.63) is 160 Å². The molecule has 1 aromatic heterocycles. The van der Waals surface area contributed by atoms with Crippen LogP contribution in [0.25, 0.3) is 16.0 Å². The summed E-state index contributed by atoms with van der Waals surface area (Å²) in [6, 6.07) is 31.3. The minimum Gasteiger partial charge on any atom is -0.391 e. The number of β-amino-alcohol motifs (C(OH)–C–C–N with tert-alkyl or cyclic N) is 1. The van der Waals surface area contributed by atoms with Crippen LogP contribution in [0, 0.1) is 17.8 Å². The molecular formula is C82H105ClF3N11O11S4. The number of anilines is 2. The zero-order valence-electron chi connectivity index (χ0n) is 64.6. The fourth-order valence-corrected chi connectivity index (χ4v) is 19.5. The van der Waals surface area contributed by atoms with E-state index in [9.17, 15) is 59.1 Å². The van der Waals surface area contributed by atoms with Gasteiger partial charge in [0.25, 0.3) is 25.8 Å². The number of ether oxygens (including phenoxy) is 1. The van der Waals surface area contributed by atoms with Crippen molar-refractivity contribution in [2.45, 2.75) is 163 Å². The van der Waals surface area contributed by atoms with Gasteiger partial charge in [0.1, 0.15) is 17.0 Å². The second-order valence-corrected chi connectivity index (χ2v) is 37.6. The van der Waals surface area contributed by atoms with Gasteiger partial charge in [0, 0.05) is 144 Å². The molecule has 0 unspecified atom stereocenters. The maximum atomic E-state index is 14.4. The molecule has 1 aliphatic carbocycles. The fourth-order valence-electron chi connectivity index (χ4n) is 15.5. The maximum absolute atomic E-state index is 14.4. The van der Waals surface area contributed by atoms with E-state index in [2.05, 4.69) is 59.6 Å². The largest absolute Gasteiger partial charge is 0.501 e. The number of nitrogens with zero attached hydrogens (tertiary/aromatic N) is 7. The van der Waals surface area contributed by atoms with Crippen molar-refractivity contribution in [3.8, 4) is 10.4 Å². The molecule has 4 aliphatic heterocycles. The van der Waals surface area contributed by atoms with Crippen molar-refractivity contribution in [2.75, 3.05) is 121 Å². The number of likely N-dealkylation sites (tertiary alicyclic amines) is 1. The van der Waals surface area contributed by atoms with Crippen LogP contribution >= 0.6 is 34.7 Å². The molecule has 6 aromatic rings. The van der Waals surface area contributed by atoms with Gasteiger partial charge in [-0.05, 0) is 152 Å². The Morgan fingerprint density at radius 3 is 2.09 bits per heavy atom. The van der Waals surface area contributed by atoms with Crippen LogP contribution in [-0.2, 0) is 43.8 Å². The van der Waals surface area contributed by atoms with Crippen LogP contribution in [-0.4, -0.2) is 221 Å². The van der Waals surface area contributed by atoms with E-state index in [4.69, 9.17) is 16.3 Å². The number of hydrogen-bond acceptors (Lipinski definition) is 19. The van der Waals surface area contributed by atoms with Crippen molar-refractivity contribution in [2.24, 2.45) is 10.8 Å². The summed E-state index contributed by atoms with van der Waals surface area (Å²) < 4.78 is 105. The number of morpholine rings is 1. The molecule has 11 rings (SSSR count). The number of halogens is 4. The zero-order chi connectivity index (χ0) is 80.1. The number of piperazine rings is 2. The van der Waals surface area contributed by atoms with Gasteiger partial charge in [0.2, 0.25) is 23.6 Å². The molecule has 112 heavy (non-hydrogen) atoms. The van der Waals surface area contributed by atoms with Gasteiger partial charge in [-0.15, -0.1) is 23.1 Å². The van der Waals surface area contributed by atoms with Crippen molar-refractivity contribution < 1.29 is 63.8 Å². The number of hydrogen-bond donors (Lipinski definition) is 5. The summed E-state index contributed by atoms with van der Waals surface area (Å²) in [7, 11) is -11.0. The minimum atomic E-state index is -6.11. The molecule has 0 saturated carbocycles. The number of thiazole rings is 1. The Labute approximate surface area is 670 Å². The lowest BCUT2D eigenvalue weighted by Crippen LogP contribution is -2.57. The summed E-state index contributed by atoms with van der Waals surface area (Å²) in [5.74, 6) is -1.64. The van der Waals surface area contributed by atoms with E-state index in [0.717, 1.165) is 121 Å². The van der Waals surface area contributed by atoms with Crippen molar-refractivity contribution in [1.82, 2.24) is 44.8 Å². The number of rotatable bonds is 31. The number of carbonyl (C=O) groups is 5. The Balaban J connectivity index is 0.620. The molecule has 5 heterocycles.